The summed E-state index contributed by atoms with van der Waals surface area (Å²) in [5.74, 6) is -0.499. The lowest BCUT2D eigenvalue weighted by atomic mass is 10.1. The second-order valence-electron chi connectivity index (χ2n) is 6.36. The highest BCUT2D eigenvalue weighted by Crippen LogP contribution is 2.25. The highest BCUT2D eigenvalue weighted by molar-refractivity contribution is 6.30. The van der Waals surface area contributed by atoms with Crippen molar-refractivity contribution in [2.24, 2.45) is 0 Å². The van der Waals surface area contributed by atoms with Gasteiger partial charge in [0.25, 0.3) is 17.3 Å². The maximum Gasteiger partial charge on any atom is 0.277 e. The van der Waals surface area contributed by atoms with Crippen molar-refractivity contribution in [3.63, 3.8) is 0 Å². The van der Waals surface area contributed by atoms with Gasteiger partial charge in [0.1, 0.15) is 0 Å². The standard InChI is InChI=1S/C18H16ClN3O6/c19-14-3-1-2-12(6-14)11-28-17-4-5-20(10-17)18(23)13-7-15(21(24)25)9-16(8-13)22(26)27/h1-3,6-9,17H,4-5,10-11H2. The van der Waals surface area contributed by atoms with Gasteiger partial charge in [-0.15, -0.1) is 0 Å². The summed E-state index contributed by atoms with van der Waals surface area (Å²) in [5, 5.41) is 22.6. The van der Waals surface area contributed by atoms with Gasteiger partial charge in [0.05, 0.1) is 34.2 Å². The van der Waals surface area contributed by atoms with E-state index in [4.69, 9.17) is 16.3 Å². The molecule has 9 nitrogen and oxygen atoms in total. The van der Waals surface area contributed by atoms with Crippen LogP contribution in [0.1, 0.15) is 22.3 Å². The van der Waals surface area contributed by atoms with Crippen molar-refractivity contribution in [1.29, 1.82) is 0 Å². The Labute approximate surface area is 164 Å². The summed E-state index contributed by atoms with van der Waals surface area (Å²) >= 11 is 5.94. The zero-order valence-electron chi connectivity index (χ0n) is 14.6. The van der Waals surface area contributed by atoms with Crippen LogP contribution in [-0.4, -0.2) is 39.8 Å². The molecule has 0 bridgehead atoms. The summed E-state index contributed by atoms with van der Waals surface area (Å²) in [6.07, 6.45) is 0.403. The first-order valence-electron chi connectivity index (χ1n) is 8.42. The molecule has 0 N–H and O–H groups in total. The molecular weight excluding hydrogens is 390 g/mol. The Morgan fingerprint density at radius 1 is 1.14 bits per heavy atom. The minimum atomic E-state index is -0.759. The summed E-state index contributed by atoms with van der Waals surface area (Å²) < 4.78 is 5.82. The number of nitro benzene ring substituents is 2. The maximum atomic E-state index is 12.7. The van der Waals surface area contributed by atoms with E-state index in [9.17, 15) is 25.0 Å². The van der Waals surface area contributed by atoms with Crippen molar-refractivity contribution >= 4 is 28.9 Å². The number of rotatable bonds is 6. The molecular formula is C18H16ClN3O6. The van der Waals surface area contributed by atoms with Gasteiger partial charge >= 0.3 is 0 Å². The molecule has 1 amide bonds. The van der Waals surface area contributed by atoms with Crippen molar-refractivity contribution in [3.05, 3.63) is 78.8 Å². The molecule has 0 aliphatic carbocycles. The Morgan fingerprint density at radius 2 is 1.82 bits per heavy atom. The molecule has 10 heteroatoms. The number of hydrogen-bond acceptors (Lipinski definition) is 6. The number of halogens is 1. The molecule has 1 saturated heterocycles. The maximum absolute atomic E-state index is 12.7. The monoisotopic (exact) mass is 405 g/mol. The van der Waals surface area contributed by atoms with Crippen LogP contribution < -0.4 is 0 Å². The largest absolute Gasteiger partial charge is 0.372 e. The van der Waals surface area contributed by atoms with Crippen LogP contribution in [0.4, 0.5) is 11.4 Å². The fourth-order valence-corrected chi connectivity index (χ4v) is 3.21. The molecule has 1 aliphatic rings. The molecule has 146 valence electrons. The molecule has 3 rings (SSSR count). The highest BCUT2D eigenvalue weighted by Gasteiger charge is 2.29. The van der Waals surface area contributed by atoms with Crippen LogP contribution in [0.2, 0.25) is 5.02 Å². The number of non-ortho nitro benzene ring substituents is 2. The summed E-state index contributed by atoms with van der Waals surface area (Å²) in [4.78, 5) is 34.6. The van der Waals surface area contributed by atoms with Gasteiger partial charge in [-0.25, -0.2) is 0 Å². The second kappa shape index (κ2) is 8.32. The van der Waals surface area contributed by atoms with Crippen molar-refractivity contribution in [2.45, 2.75) is 19.1 Å². The van der Waals surface area contributed by atoms with Gasteiger partial charge in [0.15, 0.2) is 0 Å². The van der Waals surface area contributed by atoms with E-state index >= 15 is 0 Å². The van der Waals surface area contributed by atoms with E-state index in [0.29, 0.717) is 31.1 Å². The van der Waals surface area contributed by atoms with E-state index in [0.717, 1.165) is 23.8 Å². The third-order valence-electron chi connectivity index (χ3n) is 4.38. The molecule has 0 spiro atoms. The fraction of sp³-hybridized carbons (Fsp3) is 0.278. The molecule has 0 radical (unpaired) electrons. The number of nitro groups is 2. The van der Waals surface area contributed by atoms with Crippen LogP contribution in [0, 0.1) is 20.2 Å². The van der Waals surface area contributed by atoms with E-state index < -0.39 is 27.1 Å². The third kappa shape index (κ3) is 4.62. The Balaban J connectivity index is 1.67. The number of benzene rings is 2. The lowest BCUT2D eigenvalue weighted by Crippen LogP contribution is -2.30. The van der Waals surface area contributed by atoms with Crippen molar-refractivity contribution in [2.75, 3.05) is 13.1 Å². The van der Waals surface area contributed by atoms with E-state index in [2.05, 4.69) is 0 Å². The van der Waals surface area contributed by atoms with Crippen molar-refractivity contribution < 1.29 is 19.4 Å². The van der Waals surface area contributed by atoms with Crippen LogP contribution >= 0.6 is 11.6 Å². The van der Waals surface area contributed by atoms with Crippen LogP contribution in [-0.2, 0) is 11.3 Å². The summed E-state index contributed by atoms with van der Waals surface area (Å²) in [6.45, 7) is 1.04. The van der Waals surface area contributed by atoms with Gasteiger partial charge in [-0.05, 0) is 24.1 Å². The van der Waals surface area contributed by atoms with Crippen LogP contribution in [0.3, 0.4) is 0 Å². The van der Waals surface area contributed by atoms with Gasteiger partial charge in [-0.2, -0.15) is 0 Å². The highest BCUT2D eigenvalue weighted by atomic mass is 35.5. The molecule has 1 aliphatic heterocycles. The average Bonchev–Trinajstić information content (AvgIpc) is 3.14. The topological polar surface area (TPSA) is 116 Å². The first-order chi connectivity index (χ1) is 13.3. The lowest BCUT2D eigenvalue weighted by molar-refractivity contribution is -0.394. The molecule has 1 unspecified atom stereocenters. The van der Waals surface area contributed by atoms with Crippen LogP contribution in [0.5, 0.6) is 0 Å². The summed E-state index contributed by atoms with van der Waals surface area (Å²) in [5.41, 5.74) is -0.168. The smallest absolute Gasteiger partial charge is 0.277 e. The minimum absolute atomic E-state index is 0.0867. The third-order valence-corrected chi connectivity index (χ3v) is 4.61. The zero-order valence-corrected chi connectivity index (χ0v) is 15.4. The van der Waals surface area contributed by atoms with Gasteiger partial charge in [-0.1, -0.05) is 23.7 Å². The quantitative estimate of drug-likeness (QED) is 0.535. The number of amides is 1. The van der Waals surface area contributed by atoms with Crippen molar-refractivity contribution in [1.82, 2.24) is 4.90 Å². The minimum Gasteiger partial charge on any atom is -0.372 e. The summed E-state index contributed by atoms with van der Waals surface area (Å²) in [7, 11) is 0. The zero-order chi connectivity index (χ0) is 20.3. The second-order valence-corrected chi connectivity index (χ2v) is 6.79. The van der Waals surface area contributed by atoms with E-state index in [1.54, 1.807) is 12.1 Å². The molecule has 1 heterocycles. The SMILES string of the molecule is O=C(c1cc([N+](=O)[O-])cc([N+](=O)[O-])c1)N1CCC(OCc2cccc(Cl)c2)C1. The number of carbonyl (C=O) groups is 1. The molecule has 2 aromatic carbocycles. The van der Waals surface area contributed by atoms with Crippen LogP contribution in [0.25, 0.3) is 0 Å². The number of hydrogen-bond donors (Lipinski definition) is 0. The Bertz CT molecular complexity index is 903. The van der Waals surface area contributed by atoms with E-state index in [1.165, 1.54) is 4.90 Å². The summed E-state index contributed by atoms with van der Waals surface area (Å²) in [6, 6.07) is 10.2. The normalized spacial score (nSPS) is 16.2. The lowest BCUT2D eigenvalue weighted by Gasteiger charge is -2.17. The number of ether oxygens (including phenoxy) is 1. The Morgan fingerprint density at radius 3 is 2.43 bits per heavy atom. The first-order valence-corrected chi connectivity index (χ1v) is 8.80. The predicted octanol–water partition coefficient (Wildman–Crippen LogP) is 3.59. The molecule has 1 fully saturated rings. The molecule has 0 aromatic heterocycles. The van der Waals surface area contributed by atoms with Gasteiger partial charge in [0, 0.05) is 30.2 Å². The first kappa shape index (κ1) is 19.7. The van der Waals surface area contributed by atoms with Crippen molar-refractivity contribution in [3.8, 4) is 0 Å². The van der Waals surface area contributed by atoms with E-state index in [1.807, 2.05) is 12.1 Å². The average molecular weight is 406 g/mol. The number of carbonyl (C=O) groups excluding carboxylic acids is 1. The number of nitrogens with zero attached hydrogens (tertiary/aromatic N) is 3. The molecule has 0 saturated carbocycles. The molecule has 2 aromatic rings. The van der Waals surface area contributed by atoms with Gasteiger partial charge < -0.3 is 9.64 Å². The van der Waals surface area contributed by atoms with Gasteiger partial charge in [-0.3, -0.25) is 25.0 Å². The van der Waals surface area contributed by atoms with Gasteiger partial charge in [0.2, 0.25) is 0 Å². The molecule has 1 atom stereocenters. The fourth-order valence-electron chi connectivity index (χ4n) is 3.00. The Hall–Kier alpha value is -3.04. The molecule has 28 heavy (non-hydrogen) atoms. The van der Waals surface area contributed by atoms with Crippen LogP contribution in [0.15, 0.2) is 42.5 Å². The number of likely N-dealkylation sites (tertiary alicyclic amines) is 1. The Kier molecular flexibility index (Phi) is 5.86. The van der Waals surface area contributed by atoms with E-state index in [-0.39, 0.29) is 11.7 Å². The predicted molar refractivity (Wildman–Crippen MR) is 100 cm³/mol.